The van der Waals surface area contributed by atoms with E-state index in [-0.39, 0.29) is 17.9 Å². The van der Waals surface area contributed by atoms with Crippen molar-refractivity contribution in [2.75, 3.05) is 5.32 Å². The van der Waals surface area contributed by atoms with Gasteiger partial charge in [0.05, 0.1) is 6.42 Å². The van der Waals surface area contributed by atoms with Gasteiger partial charge in [-0.05, 0) is 31.2 Å². The topological polar surface area (TPSA) is 101 Å². The lowest BCUT2D eigenvalue weighted by Gasteiger charge is -2.07. The van der Waals surface area contributed by atoms with E-state index in [1.807, 2.05) is 6.07 Å². The molecular weight excluding hydrogens is 306 g/mol. The summed E-state index contributed by atoms with van der Waals surface area (Å²) in [5.41, 5.74) is 1.04. The normalized spacial score (nSPS) is 10.4. The van der Waals surface area contributed by atoms with Gasteiger partial charge in [0.2, 0.25) is 5.91 Å². The number of carbonyl (C=O) groups excluding carboxylic acids is 1. The van der Waals surface area contributed by atoms with Crippen LogP contribution in [0.4, 0.5) is 5.82 Å². The summed E-state index contributed by atoms with van der Waals surface area (Å²) in [6.07, 6.45) is 3.13. The number of aromatic amines is 1. The molecule has 3 aromatic heterocycles. The van der Waals surface area contributed by atoms with Crippen molar-refractivity contribution in [2.45, 2.75) is 13.3 Å². The molecule has 3 heterocycles. The lowest BCUT2D eigenvalue weighted by atomic mass is 10.1. The second kappa shape index (κ2) is 6.82. The van der Waals surface area contributed by atoms with Gasteiger partial charge in [0.1, 0.15) is 11.5 Å². The summed E-state index contributed by atoms with van der Waals surface area (Å²) in [7, 11) is 0. The van der Waals surface area contributed by atoms with Gasteiger partial charge in [-0.1, -0.05) is 12.1 Å². The molecule has 0 aliphatic carbocycles. The molecule has 3 rings (SSSR count). The number of nitrogens with one attached hydrogen (secondary N) is 2. The summed E-state index contributed by atoms with van der Waals surface area (Å²) in [4.78, 5) is 39.6. The highest BCUT2D eigenvalue weighted by atomic mass is 16.2. The van der Waals surface area contributed by atoms with Gasteiger partial charge in [-0.3, -0.25) is 14.6 Å². The minimum Gasteiger partial charge on any atom is -0.310 e. The first-order valence-electron chi connectivity index (χ1n) is 7.35. The van der Waals surface area contributed by atoms with E-state index in [0.29, 0.717) is 28.6 Å². The van der Waals surface area contributed by atoms with Crippen molar-refractivity contribution in [1.82, 2.24) is 19.9 Å². The number of carbonyl (C=O) groups is 1. The van der Waals surface area contributed by atoms with Crippen LogP contribution in [0.1, 0.15) is 11.3 Å². The lowest BCUT2D eigenvalue weighted by Crippen LogP contribution is -2.24. The molecule has 1 amide bonds. The molecule has 0 radical (unpaired) electrons. The van der Waals surface area contributed by atoms with Crippen molar-refractivity contribution in [3.8, 4) is 11.5 Å². The number of amides is 1. The summed E-state index contributed by atoms with van der Waals surface area (Å²) in [6, 6.07) is 10.5. The lowest BCUT2D eigenvalue weighted by molar-refractivity contribution is -0.115. The highest BCUT2D eigenvalue weighted by Crippen LogP contribution is 2.11. The molecule has 0 bridgehead atoms. The Kier molecular flexibility index (Phi) is 4.42. The first kappa shape index (κ1) is 15.5. The van der Waals surface area contributed by atoms with E-state index in [1.165, 1.54) is 0 Å². The molecule has 0 spiro atoms. The highest BCUT2D eigenvalue weighted by molar-refractivity contribution is 5.91. The Morgan fingerprint density at radius 2 is 1.88 bits per heavy atom. The number of aromatic nitrogens is 4. The van der Waals surface area contributed by atoms with Gasteiger partial charge >= 0.3 is 0 Å². The van der Waals surface area contributed by atoms with Crippen molar-refractivity contribution >= 4 is 11.7 Å². The van der Waals surface area contributed by atoms with Crippen molar-refractivity contribution in [2.24, 2.45) is 0 Å². The minimum absolute atomic E-state index is 0.0762. The summed E-state index contributed by atoms with van der Waals surface area (Å²) in [5, 5.41) is 2.65. The summed E-state index contributed by atoms with van der Waals surface area (Å²) in [6.45, 7) is 1.70. The van der Waals surface area contributed by atoms with E-state index in [2.05, 4.69) is 25.3 Å². The molecule has 0 aliphatic heterocycles. The fourth-order valence-corrected chi connectivity index (χ4v) is 2.23. The summed E-state index contributed by atoms with van der Waals surface area (Å²) >= 11 is 0. The predicted octanol–water partition coefficient (Wildman–Crippen LogP) is 1.72. The number of nitrogens with zero attached hydrogens (tertiary/aromatic N) is 3. The molecule has 0 fully saturated rings. The van der Waals surface area contributed by atoms with Crippen LogP contribution in [-0.4, -0.2) is 25.8 Å². The van der Waals surface area contributed by atoms with Gasteiger partial charge in [-0.2, -0.15) is 0 Å². The van der Waals surface area contributed by atoms with Crippen LogP contribution in [0.5, 0.6) is 0 Å². The van der Waals surface area contributed by atoms with Crippen LogP contribution in [0.25, 0.3) is 11.5 Å². The molecule has 0 aromatic carbocycles. The maximum absolute atomic E-state index is 12.3. The number of anilines is 1. The molecule has 0 saturated carbocycles. The number of aryl methyl sites for hydroxylation is 1. The predicted molar refractivity (Wildman–Crippen MR) is 89.4 cm³/mol. The molecule has 7 nitrogen and oxygen atoms in total. The zero-order chi connectivity index (χ0) is 16.9. The number of H-pyrrole nitrogens is 1. The van der Waals surface area contributed by atoms with Crippen molar-refractivity contribution < 1.29 is 4.79 Å². The SMILES string of the molecule is Cc1nc(-c2ccccn2)[nH]c(=O)c1CC(=O)Nc1ccccn1. The fourth-order valence-electron chi connectivity index (χ4n) is 2.23. The van der Waals surface area contributed by atoms with E-state index < -0.39 is 0 Å². The molecule has 0 unspecified atom stereocenters. The Balaban J connectivity index is 1.82. The second-order valence-corrected chi connectivity index (χ2v) is 5.13. The third-order valence-corrected chi connectivity index (χ3v) is 3.40. The van der Waals surface area contributed by atoms with Gasteiger partial charge in [0, 0.05) is 23.7 Å². The number of hydrogen-bond donors (Lipinski definition) is 2. The number of rotatable bonds is 4. The quantitative estimate of drug-likeness (QED) is 0.762. The molecule has 0 atom stereocenters. The number of hydrogen-bond acceptors (Lipinski definition) is 5. The number of pyridine rings is 2. The summed E-state index contributed by atoms with van der Waals surface area (Å²) in [5.74, 6) is 0.497. The standard InChI is InChI=1S/C17H15N5O2/c1-11-12(10-15(23)21-14-7-3-5-9-19-14)17(24)22-16(20-11)13-6-2-4-8-18-13/h2-9H,10H2,1H3,(H,19,21,23)(H,20,22,24). The van der Waals surface area contributed by atoms with Crippen molar-refractivity contribution in [3.63, 3.8) is 0 Å². The Hall–Kier alpha value is -3.35. The minimum atomic E-state index is -0.348. The van der Waals surface area contributed by atoms with E-state index in [1.54, 1.807) is 49.6 Å². The third-order valence-electron chi connectivity index (χ3n) is 3.40. The molecule has 0 saturated heterocycles. The highest BCUT2D eigenvalue weighted by Gasteiger charge is 2.14. The first-order chi connectivity index (χ1) is 11.6. The largest absolute Gasteiger partial charge is 0.310 e. The van der Waals surface area contributed by atoms with Crippen LogP contribution in [-0.2, 0) is 11.2 Å². The average molecular weight is 321 g/mol. The third kappa shape index (κ3) is 3.52. The van der Waals surface area contributed by atoms with Crippen LogP contribution >= 0.6 is 0 Å². The Bertz CT molecular complexity index is 907. The van der Waals surface area contributed by atoms with Gasteiger partial charge in [0.15, 0.2) is 5.82 Å². The zero-order valence-corrected chi connectivity index (χ0v) is 13.0. The summed E-state index contributed by atoms with van der Waals surface area (Å²) < 4.78 is 0. The molecule has 2 N–H and O–H groups in total. The Morgan fingerprint density at radius 1 is 1.12 bits per heavy atom. The maximum Gasteiger partial charge on any atom is 0.255 e. The average Bonchev–Trinajstić information content (AvgIpc) is 2.59. The molecule has 7 heteroatoms. The van der Waals surface area contributed by atoms with Crippen molar-refractivity contribution in [3.05, 3.63) is 70.4 Å². The van der Waals surface area contributed by atoms with Crippen LogP contribution < -0.4 is 10.9 Å². The van der Waals surface area contributed by atoms with E-state index in [9.17, 15) is 9.59 Å². The zero-order valence-electron chi connectivity index (χ0n) is 13.0. The smallest absolute Gasteiger partial charge is 0.255 e. The molecule has 0 aliphatic rings. The van der Waals surface area contributed by atoms with Gasteiger partial charge in [-0.25, -0.2) is 9.97 Å². The van der Waals surface area contributed by atoms with Gasteiger partial charge < -0.3 is 10.3 Å². The second-order valence-electron chi connectivity index (χ2n) is 5.13. The Morgan fingerprint density at radius 3 is 2.50 bits per heavy atom. The Labute approximate surface area is 137 Å². The molecule has 3 aromatic rings. The van der Waals surface area contributed by atoms with E-state index in [4.69, 9.17) is 0 Å². The monoisotopic (exact) mass is 321 g/mol. The van der Waals surface area contributed by atoms with E-state index >= 15 is 0 Å². The van der Waals surface area contributed by atoms with Crippen LogP contribution in [0.2, 0.25) is 0 Å². The molecular formula is C17H15N5O2. The van der Waals surface area contributed by atoms with Gasteiger partial charge in [-0.15, -0.1) is 0 Å². The van der Waals surface area contributed by atoms with Crippen LogP contribution in [0.3, 0.4) is 0 Å². The van der Waals surface area contributed by atoms with E-state index in [0.717, 1.165) is 0 Å². The van der Waals surface area contributed by atoms with Crippen LogP contribution in [0.15, 0.2) is 53.6 Å². The maximum atomic E-state index is 12.3. The van der Waals surface area contributed by atoms with Gasteiger partial charge in [0.25, 0.3) is 5.56 Å². The molecule has 120 valence electrons. The van der Waals surface area contributed by atoms with Crippen molar-refractivity contribution in [1.29, 1.82) is 0 Å². The fraction of sp³-hybridized carbons (Fsp3) is 0.118. The molecule has 24 heavy (non-hydrogen) atoms. The first-order valence-corrected chi connectivity index (χ1v) is 7.35. The van der Waals surface area contributed by atoms with Crippen LogP contribution in [0, 0.1) is 6.92 Å².